The first kappa shape index (κ1) is 28.4. The van der Waals surface area contributed by atoms with Gasteiger partial charge in [0, 0.05) is 59.1 Å². The minimum Gasteiger partial charge on any atom is -0.339 e. The number of aromatic nitrogens is 4. The fraction of sp³-hybridized carbons (Fsp3) is 0.143. The van der Waals surface area contributed by atoms with E-state index >= 15 is 0 Å². The summed E-state index contributed by atoms with van der Waals surface area (Å²) < 4.78 is 1.92. The van der Waals surface area contributed by atoms with Crippen LogP contribution in [0.25, 0.3) is 44.7 Å². The quantitative estimate of drug-likeness (QED) is 0.174. The fourth-order valence-corrected chi connectivity index (χ4v) is 5.23. The lowest BCUT2D eigenvalue weighted by Gasteiger charge is -2.10. The maximum absolute atomic E-state index is 12.7. The lowest BCUT2D eigenvalue weighted by Crippen LogP contribution is -2.19. The number of rotatable bonds is 8. The molecular formula is C35H32N8O. The Morgan fingerprint density at radius 2 is 1.70 bits per heavy atom. The van der Waals surface area contributed by atoms with E-state index in [1.807, 2.05) is 41.2 Å². The van der Waals surface area contributed by atoms with Crippen LogP contribution in [0.3, 0.4) is 0 Å². The van der Waals surface area contributed by atoms with Gasteiger partial charge in [0.25, 0.3) is 0 Å². The summed E-state index contributed by atoms with van der Waals surface area (Å²) in [6.45, 7) is 3.66. The molecule has 3 heterocycles. The molecule has 0 saturated heterocycles. The Balaban J connectivity index is 1.30. The highest BCUT2D eigenvalue weighted by Crippen LogP contribution is 2.37. The minimum atomic E-state index is -0.378. The average Bonchev–Trinajstić information content (AvgIpc) is 3.67. The predicted octanol–water partition coefficient (Wildman–Crippen LogP) is 7.36. The molecule has 6 rings (SSSR count). The number of pyridine rings is 1. The molecule has 0 bridgehead atoms. The number of carbonyl (C=O) groups excluding carboxylic acids is 1. The number of nitriles is 1. The van der Waals surface area contributed by atoms with Crippen LogP contribution in [0.2, 0.25) is 0 Å². The maximum atomic E-state index is 12.7. The standard InChI is InChI=1S/C35H32N8O/c1-4-43-22-31(29-16-17-37-34-30(29)19-32(40-34)25-12-8-24(9-13-25)21-42(2)3)33(41-43)26-6-5-7-28(18-26)39-35(44)38-27-14-10-23(20-36)11-15-27/h5-19,22H,4,21H2,1-3H3,(H,37,40)(H2,38,39,44). The van der Waals surface area contributed by atoms with Crippen molar-refractivity contribution in [2.45, 2.75) is 20.0 Å². The number of hydrogen-bond acceptors (Lipinski definition) is 5. The number of hydrogen-bond donors (Lipinski definition) is 3. The molecule has 44 heavy (non-hydrogen) atoms. The topological polar surface area (TPSA) is 115 Å². The molecular weight excluding hydrogens is 548 g/mol. The molecule has 0 aliphatic heterocycles. The molecule has 6 aromatic rings. The Hall–Kier alpha value is -5.72. The van der Waals surface area contributed by atoms with E-state index < -0.39 is 0 Å². The lowest BCUT2D eigenvalue weighted by molar-refractivity contribution is 0.262. The Bertz CT molecular complexity index is 1980. The molecule has 9 heteroatoms. The van der Waals surface area contributed by atoms with Crippen LogP contribution < -0.4 is 10.6 Å². The lowest BCUT2D eigenvalue weighted by atomic mass is 9.99. The summed E-state index contributed by atoms with van der Waals surface area (Å²) in [5.41, 5.74) is 9.60. The molecule has 0 aliphatic rings. The smallest absolute Gasteiger partial charge is 0.323 e. The second-order valence-electron chi connectivity index (χ2n) is 10.8. The van der Waals surface area contributed by atoms with Gasteiger partial charge < -0.3 is 20.5 Å². The van der Waals surface area contributed by atoms with E-state index in [4.69, 9.17) is 10.4 Å². The maximum Gasteiger partial charge on any atom is 0.323 e. The molecule has 9 nitrogen and oxygen atoms in total. The first-order valence-corrected chi connectivity index (χ1v) is 14.4. The molecule has 0 atom stereocenters. The highest BCUT2D eigenvalue weighted by molar-refractivity contribution is 6.01. The second kappa shape index (κ2) is 12.3. The zero-order chi connectivity index (χ0) is 30.6. The van der Waals surface area contributed by atoms with Crippen LogP contribution in [-0.2, 0) is 13.1 Å². The van der Waals surface area contributed by atoms with Crippen molar-refractivity contribution in [1.29, 1.82) is 5.26 Å². The number of anilines is 2. The van der Waals surface area contributed by atoms with Gasteiger partial charge in [-0.25, -0.2) is 9.78 Å². The van der Waals surface area contributed by atoms with Crippen LogP contribution >= 0.6 is 0 Å². The molecule has 0 radical (unpaired) electrons. The number of carbonyl (C=O) groups is 1. The van der Waals surface area contributed by atoms with E-state index in [-0.39, 0.29) is 6.03 Å². The second-order valence-corrected chi connectivity index (χ2v) is 10.8. The summed E-state index contributed by atoms with van der Waals surface area (Å²) in [5.74, 6) is 0. The first-order valence-electron chi connectivity index (χ1n) is 14.4. The molecule has 0 unspecified atom stereocenters. The third-order valence-electron chi connectivity index (χ3n) is 7.34. The van der Waals surface area contributed by atoms with Gasteiger partial charge in [-0.15, -0.1) is 0 Å². The number of fused-ring (bicyclic) bond motifs is 1. The summed E-state index contributed by atoms with van der Waals surface area (Å²) in [6, 6.07) is 28.8. The third kappa shape index (κ3) is 6.07. The van der Waals surface area contributed by atoms with E-state index in [9.17, 15) is 4.79 Å². The molecule has 2 amide bonds. The van der Waals surface area contributed by atoms with E-state index in [0.717, 1.165) is 51.2 Å². The van der Waals surface area contributed by atoms with Crippen LogP contribution in [0.5, 0.6) is 0 Å². The molecule has 218 valence electrons. The Morgan fingerprint density at radius 1 is 0.932 bits per heavy atom. The van der Waals surface area contributed by atoms with Crippen LogP contribution in [0.15, 0.2) is 97.3 Å². The normalized spacial score (nSPS) is 11.1. The van der Waals surface area contributed by atoms with Gasteiger partial charge >= 0.3 is 6.03 Å². The molecule has 3 aromatic heterocycles. The third-order valence-corrected chi connectivity index (χ3v) is 7.34. The van der Waals surface area contributed by atoms with Crippen LogP contribution in [0.1, 0.15) is 18.1 Å². The molecule has 0 spiro atoms. The van der Waals surface area contributed by atoms with Crippen molar-refractivity contribution in [3.05, 3.63) is 108 Å². The zero-order valence-corrected chi connectivity index (χ0v) is 24.8. The van der Waals surface area contributed by atoms with Gasteiger partial charge in [0.05, 0.1) is 11.6 Å². The Labute approximate surface area is 255 Å². The van der Waals surface area contributed by atoms with E-state index in [1.165, 1.54) is 5.56 Å². The van der Waals surface area contributed by atoms with Gasteiger partial charge in [0.2, 0.25) is 0 Å². The van der Waals surface area contributed by atoms with Gasteiger partial charge in [-0.1, -0.05) is 36.4 Å². The highest BCUT2D eigenvalue weighted by Gasteiger charge is 2.18. The van der Waals surface area contributed by atoms with Gasteiger partial charge in [-0.05, 0) is 86.2 Å². The Kier molecular flexibility index (Phi) is 7.91. The fourth-order valence-electron chi connectivity index (χ4n) is 5.23. The van der Waals surface area contributed by atoms with Crippen molar-refractivity contribution in [3.63, 3.8) is 0 Å². The van der Waals surface area contributed by atoms with Crippen molar-refractivity contribution in [2.75, 3.05) is 24.7 Å². The number of urea groups is 1. The van der Waals surface area contributed by atoms with E-state index in [0.29, 0.717) is 23.5 Å². The van der Waals surface area contributed by atoms with Crippen LogP contribution in [0, 0.1) is 11.3 Å². The number of aromatic amines is 1. The van der Waals surface area contributed by atoms with Crippen molar-refractivity contribution in [3.8, 4) is 39.7 Å². The molecule has 0 aliphatic carbocycles. The summed E-state index contributed by atoms with van der Waals surface area (Å²) in [6.07, 6.45) is 3.88. The largest absolute Gasteiger partial charge is 0.339 e. The van der Waals surface area contributed by atoms with Crippen molar-refractivity contribution >= 4 is 28.4 Å². The van der Waals surface area contributed by atoms with Crippen molar-refractivity contribution < 1.29 is 4.79 Å². The zero-order valence-electron chi connectivity index (χ0n) is 24.8. The van der Waals surface area contributed by atoms with Gasteiger partial charge in [0.1, 0.15) is 11.3 Å². The molecule has 0 fully saturated rings. The monoisotopic (exact) mass is 580 g/mol. The molecule has 0 saturated carbocycles. The highest BCUT2D eigenvalue weighted by atomic mass is 16.2. The van der Waals surface area contributed by atoms with Crippen LogP contribution in [-0.4, -0.2) is 44.8 Å². The number of aryl methyl sites for hydroxylation is 1. The number of nitrogens with one attached hydrogen (secondary N) is 3. The van der Waals surface area contributed by atoms with Gasteiger partial charge in [0.15, 0.2) is 0 Å². The Morgan fingerprint density at radius 3 is 2.43 bits per heavy atom. The first-order chi connectivity index (χ1) is 21.4. The number of H-pyrrole nitrogens is 1. The average molecular weight is 581 g/mol. The van der Waals surface area contributed by atoms with Crippen molar-refractivity contribution in [2.24, 2.45) is 0 Å². The van der Waals surface area contributed by atoms with E-state index in [1.54, 1.807) is 24.3 Å². The summed E-state index contributed by atoms with van der Waals surface area (Å²) >= 11 is 0. The number of benzene rings is 3. The predicted molar refractivity (Wildman–Crippen MR) is 175 cm³/mol. The molecule has 3 N–H and O–H groups in total. The summed E-state index contributed by atoms with van der Waals surface area (Å²) in [7, 11) is 4.13. The molecule has 3 aromatic carbocycles. The van der Waals surface area contributed by atoms with E-state index in [2.05, 4.69) is 89.1 Å². The minimum absolute atomic E-state index is 0.378. The van der Waals surface area contributed by atoms with Gasteiger partial charge in [-0.3, -0.25) is 4.68 Å². The SMILES string of the molecule is CCn1cc(-c2ccnc3[nH]c(-c4ccc(CN(C)C)cc4)cc23)c(-c2cccc(NC(=O)Nc3ccc(C#N)cc3)c2)n1. The van der Waals surface area contributed by atoms with Crippen LogP contribution in [0.4, 0.5) is 16.2 Å². The van der Waals surface area contributed by atoms with Gasteiger partial charge in [-0.2, -0.15) is 10.4 Å². The summed E-state index contributed by atoms with van der Waals surface area (Å²) in [4.78, 5) is 23.0. The number of nitrogens with zero attached hydrogens (tertiary/aromatic N) is 5. The van der Waals surface area contributed by atoms with Crippen molar-refractivity contribution in [1.82, 2.24) is 24.6 Å². The summed E-state index contributed by atoms with van der Waals surface area (Å²) in [5, 5.41) is 20.6. The number of amides is 2.